The molecule has 0 aliphatic heterocycles. The summed E-state index contributed by atoms with van der Waals surface area (Å²) in [5.41, 5.74) is 0. The van der Waals surface area contributed by atoms with Gasteiger partial charge in [0.1, 0.15) is 6.04 Å². The third-order valence-electron chi connectivity index (χ3n) is 2.54. The molecule has 96 valence electrons. The quantitative estimate of drug-likeness (QED) is 0.777. The fraction of sp³-hybridized carbons (Fsp3) is 0.667. The molecule has 2 N–H and O–H groups in total. The van der Waals surface area contributed by atoms with Gasteiger partial charge in [-0.1, -0.05) is 13.8 Å². The molecule has 2 atom stereocenters. The van der Waals surface area contributed by atoms with E-state index in [2.05, 4.69) is 24.1 Å². The van der Waals surface area contributed by atoms with Crippen LogP contribution in [0.4, 0.5) is 0 Å². The van der Waals surface area contributed by atoms with Crippen LogP contribution in [0.2, 0.25) is 0 Å². The van der Waals surface area contributed by atoms with Gasteiger partial charge in [-0.25, -0.2) is 4.98 Å². The molecule has 0 fully saturated rings. The molecule has 0 bridgehead atoms. The second-order valence-electron chi connectivity index (χ2n) is 4.75. The molecular formula is C12H21N3O2. The van der Waals surface area contributed by atoms with E-state index < -0.39 is 0 Å². The van der Waals surface area contributed by atoms with Crippen LogP contribution < -0.4 is 5.32 Å². The third-order valence-corrected chi connectivity index (χ3v) is 2.54. The third kappa shape index (κ3) is 4.19. The Morgan fingerprint density at radius 3 is 2.65 bits per heavy atom. The molecule has 17 heavy (non-hydrogen) atoms. The van der Waals surface area contributed by atoms with Gasteiger partial charge in [-0.2, -0.15) is 0 Å². The van der Waals surface area contributed by atoms with Gasteiger partial charge in [0.25, 0.3) is 0 Å². The Morgan fingerprint density at radius 2 is 2.18 bits per heavy atom. The number of amides is 1. The molecule has 1 aromatic heterocycles. The average Bonchev–Trinajstić information content (AvgIpc) is 2.78. The van der Waals surface area contributed by atoms with Crippen LogP contribution in [-0.2, 0) is 4.79 Å². The molecule has 0 spiro atoms. The summed E-state index contributed by atoms with van der Waals surface area (Å²) in [6.07, 6.45) is 5.85. The van der Waals surface area contributed by atoms with Crippen LogP contribution in [0, 0.1) is 5.92 Å². The first-order valence-electron chi connectivity index (χ1n) is 5.93. The first-order valence-corrected chi connectivity index (χ1v) is 5.93. The van der Waals surface area contributed by atoms with Gasteiger partial charge in [-0.05, 0) is 19.3 Å². The van der Waals surface area contributed by atoms with Crippen LogP contribution >= 0.6 is 0 Å². The summed E-state index contributed by atoms with van der Waals surface area (Å²) in [5.74, 6) is 0.343. The zero-order valence-electron chi connectivity index (χ0n) is 10.6. The van der Waals surface area contributed by atoms with E-state index in [1.165, 1.54) is 0 Å². The van der Waals surface area contributed by atoms with Crippen molar-refractivity contribution in [1.82, 2.24) is 14.9 Å². The number of aliphatic hydroxyl groups is 1. The van der Waals surface area contributed by atoms with E-state index in [1.807, 2.05) is 0 Å². The van der Waals surface area contributed by atoms with E-state index in [9.17, 15) is 4.79 Å². The second-order valence-corrected chi connectivity index (χ2v) is 4.75. The number of carbonyl (C=O) groups excluding carboxylic acids is 1. The van der Waals surface area contributed by atoms with Crippen molar-refractivity contribution in [3.63, 3.8) is 0 Å². The van der Waals surface area contributed by atoms with Crippen molar-refractivity contribution in [3.05, 3.63) is 18.7 Å². The summed E-state index contributed by atoms with van der Waals surface area (Å²) in [7, 11) is 0. The zero-order valence-corrected chi connectivity index (χ0v) is 10.6. The highest BCUT2D eigenvalue weighted by molar-refractivity contribution is 5.80. The first kappa shape index (κ1) is 13.7. The number of carbonyl (C=O) groups is 1. The zero-order chi connectivity index (χ0) is 12.8. The number of nitrogens with one attached hydrogen (secondary N) is 1. The molecule has 0 saturated carbocycles. The Labute approximate surface area is 102 Å². The molecule has 0 aliphatic carbocycles. The normalized spacial score (nSPS) is 14.6. The summed E-state index contributed by atoms with van der Waals surface area (Å²) in [6, 6.07) is -0.479. The van der Waals surface area contributed by atoms with Crippen LogP contribution in [-0.4, -0.2) is 33.2 Å². The highest BCUT2D eigenvalue weighted by Gasteiger charge is 2.22. The van der Waals surface area contributed by atoms with Gasteiger partial charge in [-0.3, -0.25) is 4.79 Å². The number of rotatable bonds is 6. The molecule has 1 rings (SSSR count). The minimum absolute atomic E-state index is 0.0515. The summed E-state index contributed by atoms with van der Waals surface area (Å²) >= 11 is 0. The van der Waals surface area contributed by atoms with Gasteiger partial charge in [0, 0.05) is 18.4 Å². The molecule has 1 aromatic rings. The van der Waals surface area contributed by atoms with E-state index in [0.717, 1.165) is 6.42 Å². The highest BCUT2D eigenvalue weighted by Crippen LogP contribution is 2.17. The number of hydrogen-bond acceptors (Lipinski definition) is 3. The smallest absolute Gasteiger partial charge is 0.243 e. The van der Waals surface area contributed by atoms with Gasteiger partial charge < -0.3 is 15.0 Å². The lowest BCUT2D eigenvalue weighted by atomic mass is 10.0. The standard InChI is InChI=1S/C12H21N3O2/c1-9(2)6-11(15-5-4-13-8-15)12(17)14-10(3)7-16/h4-5,8-11,16H,6-7H2,1-3H3,(H,14,17). The number of imidazole rings is 1. The Morgan fingerprint density at radius 1 is 1.47 bits per heavy atom. The lowest BCUT2D eigenvalue weighted by Crippen LogP contribution is -2.40. The maximum absolute atomic E-state index is 12.1. The van der Waals surface area contributed by atoms with Gasteiger partial charge >= 0.3 is 0 Å². The van der Waals surface area contributed by atoms with Crippen LogP contribution in [0.25, 0.3) is 0 Å². The molecule has 2 unspecified atom stereocenters. The predicted molar refractivity (Wildman–Crippen MR) is 65.4 cm³/mol. The Kier molecular flexibility index (Phi) is 5.15. The van der Waals surface area contributed by atoms with Crippen LogP contribution in [0.1, 0.15) is 33.2 Å². The number of aromatic nitrogens is 2. The maximum atomic E-state index is 12.1. The Balaban J connectivity index is 2.73. The first-order chi connectivity index (χ1) is 8.04. The van der Waals surface area contributed by atoms with Crippen molar-refractivity contribution < 1.29 is 9.90 Å². The topological polar surface area (TPSA) is 67.2 Å². The molecule has 0 radical (unpaired) electrons. The fourth-order valence-corrected chi connectivity index (χ4v) is 1.65. The van der Waals surface area contributed by atoms with Crippen molar-refractivity contribution in [2.75, 3.05) is 6.61 Å². The lowest BCUT2D eigenvalue weighted by Gasteiger charge is -2.21. The molecule has 0 aromatic carbocycles. The fourth-order valence-electron chi connectivity index (χ4n) is 1.65. The van der Waals surface area contributed by atoms with Gasteiger partial charge in [0.05, 0.1) is 12.9 Å². The summed E-state index contributed by atoms with van der Waals surface area (Å²) in [5, 5.41) is 11.7. The summed E-state index contributed by atoms with van der Waals surface area (Å²) in [6.45, 7) is 5.88. The van der Waals surface area contributed by atoms with Crippen molar-refractivity contribution in [1.29, 1.82) is 0 Å². The van der Waals surface area contributed by atoms with E-state index >= 15 is 0 Å². The minimum Gasteiger partial charge on any atom is -0.394 e. The number of aliphatic hydroxyl groups excluding tert-OH is 1. The van der Waals surface area contributed by atoms with Crippen LogP contribution in [0.15, 0.2) is 18.7 Å². The van der Waals surface area contributed by atoms with E-state index in [-0.39, 0.29) is 24.6 Å². The predicted octanol–water partition coefficient (Wildman–Crippen LogP) is 0.967. The van der Waals surface area contributed by atoms with Gasteiger partial charge in [0.2, 0.25) is 5.91 Å². The Bertz CT molecular complexity index is 336. The highest BCUT2D eigenvalue weighted by atomic mass is 16.3. The van der Waals surface area contributed by atoms with Crippen LogP contribution in [0.3, 0.4) is 0 Å². The number of nitrogens with zero attached hydrogens (tertiary/aromatic N) is 2. The maximum Gasteiger partial charge on any atom is 0.243 e. The van der Waals surface area contributed by atoms with Gasteiger partial charge in [0.15, 0.2) is 0 Å². The molecule has 0 aliphatic rings. The summed E-state index contributed by atoms with van der Waals surface area (Å²) in [4.78, 5) is 16.0. The van der Waals surface area contributed by atoms with Crippen LogP contribution in [0.5, 0.6) is 0 Å². The van der Waals surface area contributed by atoms with E-state index in [1.54, 1.807) is 30.2 Å². The lowest BCUT2D eigenvalue weighted by molar-refractivity contribution is -0.125. The Hall–Kier alpha value is -1.36. The van der Waals surface area contributed by atoms with Crippen molar-refractivity contribution in [3.8, 4) is 0 Å². The largest absolute Gasteiger partial charge is 0.394 e. The van der Waals surface area contributed by atoms with Crippen molar-refractivity contribution in [2.24, 2.45) is 5.92 Å². The summed E-state index contributed by atoms with van der Waals surface area (Å²) < 4.78 is 1.80. The second kappa shape index (κ2) is 6.39. The minimum atomic E-state index is -0.258. The average molecular weight is 239 g/mol. The van der Waals surface area contributed by atoms with E-state index in [4.69, 9.17) is 5.11 Å². The monoisotopic (exact) mass is 239 g/mol. The molecular weight excluding hydrogens is 218 g/mol. The van der Waals surface area contributed by atoms with E-state index in [0.29, 0.717) is 5.92 Å². The van der Waals surface area contributed by atoms with Crippen molar-refractivity contribution >= 4 is 5.91 Å². The molecule has 5 heteroatoms. The van der Waals surface area contributed by atoms with Crippen molar-refractivity contribution in [2.45, 2.75) is 39.3 Å². The van der Waals surface area contributed by atoms with Gasteiger partial charge in [-0.15, -0.1) is 0 Å². The SMILES string of the molecule is CC(C)CC(C(=O)NC(C)CO)n1ccnc1. The molecule has 1 heterocycles. The molecule has 0 saturated heterocycles. The number of hydrogen-bond donors (Lipinski definition) is 2. The molecule has 5 nitrogen and oxygen atoms in total. The molecule has 1 amide bonds.